The van der Waals surface area contributed by atoms with Crippen LogP contribution in [0.4, 0.5) is 0 Å². The molecule has 0 aliphatic rings. The highest BCUT2D eigenvalue weighted by molar-refractivity contribution is 5.94. The highest BCUT2D eigenvalue weighted by Crippen LogP contribution is 2.18. The van der Waals surface area contributed by atoms with Gasteiger partial charge >= 0.3 is 5.97 Å². The molecule has 1 aromatic carbocycles. The number of ether oxygens (including phenoxy) is 1. The normalized spacial score (nSPS) is 9.89. The molecule has 2 N–H and O–H groups in total. The van der Waals surface area contributed by atoms with E-state index in [2.05, 4.69) is 5.32 Å². The summed E-state index contributed by atoms with van der Waals surface area (Å²) in [7, 11) is 0. The van der Waals surface area contributed by atoms with Gasteiger partial charge in [0.2, 0.25) is 0 Å². The minimum absolute atomic E-state index is 0.0816. The molecular weight excluding hydrogens is 234 g/mol. The standard InChI is InChI=1S/C13H17NO4/c1-3-18-11-5-4-10(8-9(11)2)13(17)14-7-6-12(15)16/h4-5,8H,3,6-7H2,1-2H3,(H,14,17)(H,15,16). The van der Waals surface area contributed by atoms with Gasteiger partial charge in [-0.15, -0.1) is 0 Å². The van der Waals surface area contributed by atoms with Crippen molar-refractivity contribution in [3.63, 3.8) is 0 Å². The van der Waals surface area contributed by atoms with Crippen molar-refractivity contribution >= 4 is 11.9 Å². The molecule has 0 unspecified atom stereocenters. The van der Waals surface area contributed by atoms with Crippen LogP contribution in [0.25, 0.3) is 0 Å². The second kappa shape index (κ2) is 6.64. The average Bonchev–Trinajstić information content (AvgIpc) is 2.31. The van der Waals surface area contributed by atoms with Gasteiger partial charge in [-0.25, -0.2) is 0 Å². The minimum atomic E-state index is -0.932. The molecule has 0 aliphatic heterocycles. The fraction of sp³-hybridized carbons (Fsp3) is 0.385. The first-order valence-electron chi connectivity index (χ1n) is 5.78. The molecule has 5 heteroatoms. The van der Waals surface area contributed by atoms with Crippen molar-refractivity contribution in [1.29, 1.82) is 0 Å². The topological polar surface area (TPSA) is 75.6 Å². The van der Waals surface area contributed by atoms with Crippen molar-refractivity contribution in [1.82, 2.24) is 5.32 Å². The average molecular weight is 251 g/mol. The van der Waals surface area contributed by atoms with Crippen LogP contribution in [0.3, 0.4) is 0 Å². The van der Waals surface area contributed by atoms with Crippen LogP contribution in [0.15, 0.2) is 18.2 Å². The van der Waals surface area contributed by atoms with E-state index in [9.17, 15) is 9.59 Å². The molecule has 5 nitrogen and oxygen atoms in total. The quantitative estimate of drug-likeness (QED) is 0.805. The molecule has 1 rings (SSSR count). The molecule has 1 amide bonds. The first kappa shape index (κ1) is 14.0. The lowest BCUT2D eigenvalue weighted by Crippen LogP contribution is -2.26. The molecule has 0 spiro atoms. The third kappa shape index (κ3) is 4.08. The van der Waals surface area contributed by atoms with Gasteiger partial charge in [-0.1, -0.05) is 0 Å². The zero-order valence-corrected chi connectivity index (χ0v) is 10.5. The van der Waals surface area contributed by atoms with E-state index in [0.717, 1.165) is 11.3 Å². The van der Waals surface area contributed by atoms with Gasteiger partial charge in [0.15, 0.2) is 0 Å². The van der Waals surface area contributed by atoms with Crippen LogP contribution >= 0.6 is 0 Å². The van der Waals surface area contributed by atoms with E-state index in [1.165, 1.54) is 0 Å². The third-order valence-corrected chi connectivity index (χ3v) is 2.36. The Morgan fingerprint density at radius 1 is 1.39 bits per heavy atom. The highest BCUT2D eigenvalue weighted by atomic mass is 16.5. The summed E-state index contributed by atoms with van der Waals surface area (Å²) < 4.78 is 5.37. The first-order chi connectivity index (χ1) is 8.54. The van der Waals surface area contributed by atoms with Gasteiger partial charge in [-0.3, -0.25) is 9.59 Å². The molecule has 0 radical (unpaired) electrons. The number of carboxylic acid groups (broad SMARTS) is 1. The summed E-state index contributed by atoms with van der Waals surface area (Å²) in [4.78, 5) is 22.0. The third-order valence-electron chi connectivity index (χ3n) is 2.36. The molecule has 1 aromatic rings. The van der Waals surface area contributed by atoms with E-state index in [1.807, 2.05) is 13.8 Å². The lowest BCUT2D eigenvalue weighted by molar-refractivity contribution is -0.136. The van der Waals surface area contributed by atoms with Gasteiger partial charge in [0.1, 0.15) is 5.75 Å². The lowest BCUT2D eigenvalue weighted by atomic mass is 10.1. The number of rotatable bonds is 6. The maximum Gasteiger partial charge on any atom is 0.305 e. The molecule has 0 atom stereocenters. The number of nitrogens with one attached hydrogen (secondary N) is 1. The zero-order chi connectivity index (χ0) is 13.5. The number of carbonyl (C=O) groups excluding carboxylic acids is 1. The molecule has 0 saturated carbocycles. The first-order valence-corrected chi connectivity index (χ1v) is 5.78. The van der Waals surface area contributed by atoms with Crippen LogP contribution in [0, 0.1) is 6.92 Å². The van der Waals surface area contributed by atoms with Crippen molar-refractivity contribution in [2.75, 3.05) is 13.2 Å². The van der Waals surface area contributed by atoms with Gasteiger partial charge in [0.25, 0.3) is 5.91 Å². The summed E-state index contributed by atoms with van der Waals surface area (Å²) in [5.41, 5.74) is 1.38. The zero-order valence-electron chi connectivity index (χ0n) is 10.5. The van der Waals surface area contributed by atoms with E-state index in [-0.39, 0.29) is 18.9 Å². The molecule has 0 aromatic heterocycles. The number of aliphatic carboxylic acids is 1. The van der Waals surface area contributed by atoms with Crippen molar-refractivity contribution in [3.8, 4) is 5.75 Å². The monoisotopic (exact) mass is 251 g/mol. The molecular formula is C13H17NO4. The number of carboxylic acids is 1. The van der Waals surface area contributed by atoms with E-state index in [4.69, 9.17) is 9.84 Å². The van der Waals surface area contributed by atoms with Gasteiger partial charge in [0, 0.05) is 12.1 Å². The second-order valence-corrected chi connectivity index (χ2v) is 3.81. The van der Waals surface area contributed by atoms with Crippen molar-refractivity contribution in [2.24, 2.45) is 0 Å². The molecule has 0 fully saturated rings. The van der Waals surface area contributed by atoms with Crippen LogP contribution in [0.2, 0.25) is 0 Å². The number of benzene rings is 1. The molecule has 0 bridgehead atoms. The van der Waals surface area contributed by atoms with Crippen molar-refractivity contribution in [2.45, 2.75) is 20.3 Å². The van der Waals surface area contributed by atoms with E-state index in [1.54, 1.807) is 18.2 Å². The summed E-state index contributed by atoms with van der Waals surface area (Å²) in [6.07, 6.45) is -0.0816. The second-order valence-electron chi connectivity index (χ2n) is 3.81. The minimum Gasteiger partial charge on any atom is -0.494 e. The number of amides is 1. The fourth-order valence-electron chi connectivity index (χ4n) is 1.49. The van der Waals surface area contributed by atoms with Gasteiger partial charge < -0.3 is 15.2 Å². The maximum atomic E-state index is 11.7. The number of hydrogen-bond acceptors (Lipinski definition) is 3. The summed E-state index contributed by atoms with van der Waals surface area (Å²) in [5, 5.41) is 11.0. The van der Waals surface area contributed by atoms with E-state index in [0.29, 0.717) is 12.2 Å². The van der Waals surface area contributed by atoms with Gasteiger partial charge in [-0.05, 0) is 37.6 Å². The van der Waals surface area contributed by atoms with Crippen molar-refractivity contribution < 1.29 is 19.4 Å². The Morgan fingerprint density at radius 2 is 2.11 bits per heavy atom. The van der Waals surface area contributed by atoms with Crippen LogP contribution in [0.1, 0.15) is 29.3 Å². The van der Waals surface area contributed by atoms with Gasteiger partial charge in [0.05, 0.1) is 13.0 Å². The Kier molecular flexibility index (Phi) is 5.17. The Balaban J connectivity index is 2.63. The summed E-state index contributed by atoms with van der Waals surface area (Å²) in [6, 6.07) is 5.13. The number of carbonyl (C=O) groups is 2. The highest BCUT2D eigenvalue weighted by Gasteiger charge is 2.08. The Morgan fingerprint density at radius 3 is 2.67 bits per heavy atom. The van der Waals surface area contributed by atoms with Crippen molar-refractivity contribution in [3.05, 3.63) is 29.3 Å². The number of hydrogen-bond donors (Lipinski definition) is 2. The van der Waals surface area contributed by atoms with Gasteiger partial charge in [-0.2, -0.15) is 0 Å². The molecule has 18 heavy (non-hydrogen) atoms. The Labute approximate surface area is 106 Å². The number of aryl methyl sites for hydroxylation is 1. The molecule has 0 aliphatic carbocycles. The summed E-state index contributed by atoms with van der Waals surface area (Å²) in [6.45, 7) is 4.45. The Bertz CT molecular complexity index is 443. The molecule has 0 saturated heterocycles. The predicted octanol–water partition coefficient (Wildman–Crippen LogP) is 1.60. The SMILES string of the molecule is CCOc1ccc(C(=O)NCCC(=O)O)cc1C. The molecule has 98 valence electrons. The largest absolute Gasteiger partial charge is 0.494 e. The van der Waals surface area contributed by atoms with Crippen LogP contribution in [0.5, 0.6) is 5.75 Å². The summed E-state index contributed by atoms with van der Waals surface area (Å²) >= 11 is 0. The molecule has 0 heterocycles. The van der Waals surface area contributed by atoms with Crippen LogP contribution in [-0.4, -0.2) is 30.1 Å². The van der Waals surface area contributed by atoms with E-state index < -0.39 is 5.97 Å². The van der Waals surface area contributed by atoms with Crippen LogP contribution < -0.4 is 10.1 Å². The fourth-order valence-corrected chi connectivity index (χ4v) is 1.49. The summed E-state index contributed by atoms with van der Waals surface area (Å²) in [5.74, 6) is -0.458. The lowest BCUT2D eigenvalue weighted by Gasteiger charge is -2.09. The predicted molar refractivity (Wildman–Crippen MR) is 66.9 cm³/mol. The van der Waals surface area contributed by atoms with E-state index >= 15 is 0 Å². The Hall–Kier alpha value is -2.04. The smallest absolute Gasteiger partial charge is 0.305 e. The van der Waals surface area contributed by atoms with Crippen LogP contribution in [-0.2, 0) is 4.79 Å². The maximum absolute atomic E-state index is 11.7.